The number of aliphatic hydroxyl groups is 1. The largest absolute Gasteiger partial charge is 0.460 e. The molecule has 0 saturated heterocycles. The van der Waals surface area contributed by atoms with Crippen LogP contribution in [0.15, 0.2) is 35.7 Å². The van der Waals surface area contributed by atoms with Crippen molar-refractivity contribution < 1.29 is 19.4 Å². The summed E-state index contributed by atoms with van der Waals surface area (Å²) in [6, 6.07) is 9.99. The molecule has 7 heteroatoms. The first-order valence-electron chi connectivity index (χ1n) is 9.89. The lowest BCUT2D eigenvalue weighted by atomic mass is 10.0. The minimum atomic E-state index is -0.628. The van der Waals surface area contributed by atoms with Crippen molar-refractivity contribution in [3.63, 3.8) is 0 Å². The molecule has 3 rings (SSSR count). The summed E-state index contributed by atoms with van der Waals surface area (Å²) in [4.78, 5) is 29.1. The number of esters is 1. The van der Waals surface area contributed by atoms with Crippen LogP contribution in [-0.2, 0) is 16.0 Å². The summed E-state index contributed by atoms with van der Waals surface area (Å²) in [5, 5.41) is 15.8. The molecule has 1 fully saturated rings. The Hall–Kier alpha value is -2.25. The van der Waals surface area contributed by atoms with Gasteiger partial charge in [0.05, 0.1) is 17.0 Å². The van der Waals surface area contributed by atoms with Gasteiger partial charge in [0.1, 0.15) is 11.3 Å². The van der Waals surface area contributed by atoms with Crippen LogP contribution in [0.1, 0.15) is 54.7 Å². The number of hydrogen-bond donors (Lipinski definition) is 2. The van der Waals surface area contributed by atoms with Gasteiger partial charge in [0.25, 0.3) is 5.91 Å². The summed E-state index contributed by atoms with van der Waals surface area (Å²) in [5.41, 5.74) is 0.990. The third-order valence-corrected chi connectivity index (χ3v) is 5.75. The van der Waals surface area contributed by atoms with Crippen molar-refractivity contribution in [2.24, 2.45) is 11.8 Å². The Bertz CT molecular complexity index is 844. The number of hydrogen-bond acceptors (Lipinski definition) is 6. The van der Waals surface area contributed by atoms with Crippen molar-refractivity contribution in [1.29, 1.82) is 0 Å². The lowest BCUT2D eigenvalue weighted by Crippen LogP contribution is -2.32. The molecule has 0 radical (unpaired) electrons. The van der Waals surface area contributed by atoms with Crippen molar-refractivity contribution in [1.82, 2.24) is 10.3 Å². The molecule has 1 aromatic carbocycles. The molecule has 1 amide bonds. The highest BCUT2D eigenvalue weighted by molar-refractivity contribution is 7.09. The van der Waals surface area contributed by atoms with Gasteiger partial charge in [0.2, 0.25) is 0 Å². The highest BCUT2D eigenvalue weighted by atomic mass is 32.1. The first-order valence-corrected chi connectivity index (χ1v) is 10.8. The second kappa shape index (κ2) is 9.05. The van der Waals surface area contributed by atoms with Crippen molar-refractivity contribution in [3.8, 4) is 0 Å². The Morgan fingerprint density at radius 1 is 1.24 bits per heavy atom. The van der Waals surface area contributed by atoms with Crippen LogP contribution in [0.2, 0.25) is 0 Å². The van der Waals surface area contributed by atoms with E-state index in [0.29, 0.717) is 31.5 Å². The monoisotopic (exact) mass is 416 g/mol. The summed E-state index contributed by atoms with van der Waals surface area (Å²) in [5.74, 6) is -1.04. The second-order valence-electron chi connectivity index (χ2n) is 8.53. The van der Waals surface area contributed by atoms with Gasteiger partial charge in [-0.25, -0.2) is 4.98 Å². The Kier molecular flexibility index (Phi) is 6.70. The average molecular weight is 417 g/mol. The number of carbonyl (C=O) groups excluding carboxylic acids is 2. The Morgan fingerprint density at radius 2 is 1.97 bits per heavy atom. The number of thiazole rings is 1. The fraction of sp³-hybridized carbons (Fsp3) is 0.500. The number of aliphatic hydroxyl groups excluding tert-OH is 1. The van der Waals surface area contributed by atoms with Gasteiger partial charge in [-0.15, -0.1) is 11.3 Å². The topological polar surface area (TPSA) is 88.5 Å². The molecule has 3 atom stereocenters. The molecule has 1 aromatic heterocycles. The maximum absolute atomic E-state index is 12.4. The number of ether oxygens (including phenoxy) is 1. The van der Waals surface area contributed by atoms with E-state index in [1.807, 2.05) is 51.1 Å². The van der Waals surface area contributed by atoms with Gasteiger partial charge in [-0.3, -0.25) is 9.59 Å². The first kappa shape index (κ1) is 21.5. The van der Waals surface area contributed by atoms with E-state index in [9.17, 15) is 14.7 Å². The maximum atomic E-state index is 12.4. The van der Waals surface area contributed by atoms with Gasteiger partial charge in [-0.2, -0.15) is 0 Å². The van der Waals surface area contributed by atoms with Crippen LogP contribution in [0, 0.1) is 11.8 Å². The standard InChI is InChI=1S/C22H28N2O4S/c1-22(2,3)28-21(27)15-10-16(18(25)11-15)12-23-20(26)17-13-29-19(24-17)9-14-7-5-4-6-8-14/h4-8,13,15-16,18,25H,9-12H2,1-3H3,(H,23,26). The molecule has 156 valence electrons. The van der Waals surface area contributed by atoms with Crippen LogP contribution in [0.5, 0.6) is 0 Å². The third kappa shape index (κ3) is 6.11. The number of aromatic nitrogens is 1. The van der Waals surface area contributed by atoms with Crippen molar-refractivity contribution in [3.05, 3.63) is 52.0 Å². The van der Waals surface area contributed by atoms with Crippen LogP contribution in [-0.4, -0.2) is 40.2 Å². The number of amides is 1. The summed E-state index contributed by atoms with van der Waals surface area (Å²) in [6.45, 7) is 5.79. The molecule has 2 aromatic rings. The van der Waals surface area contributed by atoms with Crippen molar-refractivity contribution in [2.75, 3.05) is 6.54 Å². The molecule has 1 saturated carbocycles. The van der Waals surface area contributed by atoms with E-state index in [2.05, 4.69) is 10.3 Å². The third-order valence-electron chi connectivity index (χ3n) is 4.90. The molecule has 6 nitrogen and oxygen atoms in total. The van der Waals surface area contributed by atoms with E-state index < -0.39 is 11.7 Å². The fourth-order valence-electron chi connectivity index (χ4n) is 3.48. The van der Waals surface area contributed by atoms with Crippen LogP contribution in [0.3, 0.4) is 0 Å². The molecule has 1 aliphatic carbocycles. The van der Waals surface area contributed by atoms with Crippen LogP contribution < -0.4 is 5.32 Å². The molecule has 29 heavy (non-hydrogen) atoms. The predicted molar refractivity (Wildman–Crippen MR) is 112 cm³/mol. The fourth-order valence-corrected chi connectivity index (χ4v) is 4.29. The van der Waals surface area contributed by atoms with E-state index in [-0.39, 0.29) is 23.7 Å². The quantitative estimate of drug-likeness (QED) is 0.706. The molecule has 0 spiro atoms. The molecule has 2 N–H and O–H groups in total. The van der Waals surface area contributed by atoms with Crippen LogP contribution in [0.25, 0.3) is 0 Å². The van der Waals surface area contributed by atoms with E-state index in [0.717, 1.165) is 10.6 Å². The summed E-state index contributed by atoms with van der Waals surface area (Å²) >= 11 is 1.46. The average Bonchev–Trinajstić information content (AvgIpc) is 3.26. The summed E-state index contributed by atoms with van der Waals surface area (Å²) in [7, 11) is 0. The molecule has 1 heterocycles. The number of benzene rings is 1. The molecule has 1 aliphatic rings. The number of nitrogens with one attached hydrogen (secondary N) is 1. The normalized spacial score (nSPS) is 21.7. The van der Waals surface area contributed by atoms with Crippen molar-refractivity contribution in [2.45, 2.75) is 51.7 Å². The van der Waals surface area contributed by atoms with Gasteiger partial charge < -0.3 is 15.2 Å². The minimum absolute atomic E-state index is 0.168. The van der Waals surface area contributed by atoms with E-state index in [1.165, 1.54) is 11.3 Å². The highest BCUT2D eigenvalue weighted by Gasteiger charge is 2.39. The Balaban J connectivity index is 1.50. The molecule has 0 aliphatic heterocycles. The van der Waals surface area contributed by atoms with E-state index >= 15 is 0 Å². The van der Waals surface area contributed by atoms with E-state index in [1.54, 1.807) is 5.38 Å². The van der Waals surface area contributed by atoms with Gasteiger partial charge in [0.15, 0.2) is 0 Å². The Labute approximate surface area is 175 Å². The minimum Gasteiger partial charge on any atom is -0.460 e. The van der Waals surface area contributed by atoms with Gasteiger partial charge in [-0.1, -0.05) is 30.3 Å². The van der Waals surface area contributed by atoms with Gasteiger partial charge >= 0.3 is 5.97 Å². The SMILES string of the molecule is CC(C)(C)OC(=O)C1CC(O)C(CNC(=O)c2csc(Cc3ccccc3)n2)C1. The van der Waals surface area contributed by atoms with Crippen molar-refractivity contribution >= 4 is 23.2 Å². The zero-order chi connectivity index (χ0) is 21.0. The van der Waals surface area contributed by atoms with Crippen LogP contribution in [0.4, 0.5) is 0 Å². The second-order valence-corrected chi connectivity index (χ2v) is 9.47. The highest BCUT2D eigenvalue weighted by Crippen LogP contribution is 2.33. The summed E-state index contributed by atoms with van der Waals surface area (Å²) in [6.07, 6.45) is 0.939. The zero-order valence-corrected chi connectivity index (χ0v) is 17.9. The van der Waals surface area contributed by atoms with Crippen LogP contribution >= 0.6 is 11.3 Å². The maximum Gasteiger partial charge on any atom is 0.309 e. The lowest BCUT2D eigenvalue weighted by molar-refractivity contribution is -0.160. The number of nitrogens with zero attached hydrogens (tertiary/aromatic N) is 1. The smallest absolute Gasteiger partial charge is 0.309 e. The number of rotatable bonds is 6. The first-order chi connectivity index (χ1) is 13.7. The summed E-state index contributed by atoms with van der Waals surface area (Å²) < 4.78 is 5.42. The van der Waals surface area contributed by atoms with E-state index in [4.69, 9.17) is 4.74 Å². The zero-order valence-electron chi connectivity index (χ0n) is 17.1. The lowest BCUT2D eigenvalue weighted by Gasteiger charge is -2.22. The molecule has 3 unspecified atom stereocenters. The van der Waals surface area contributed by atoms with Gasteiger partial charge in [0, 0.05) is 24.3 Å². The van der Waals surface area contributed by atoms with Gasteiger partial charge in [-0.05, 0) is 39.2 Å². The number of carbonyl (C=O) groups is 2. The predicted octanol–water partition coefficient (Wildman–Crippen LogP) is 3.19. The molecular weight excluding hydrogens is 388 g/mol. The Morgan fingerprint density at radius 3 is 2.66 bits per heavy atom. The molecule has 0 bridgehead atoms. The molecular formula is C22H28N2O4S.